The first-order valence-corrected chi connectivity index (χ1v) is 10.1. The maximum Gasteiger partial charge on any atom is 0.126 e. The highest BCUT2D eigenvalue weighted by Gasteiger charge is 2.49. The standard InChI is InChI=1S/C20H32BrNO4/c1-19(2)11-16(23)12-20(3,4)22(19)13-17(24)14-25-9-10-26-18-7-5-15(21)6-8-18/h5-8,16-17,23-24H,9-14H2,1-4H3/p+1/t17-/m0/s1. The van der Waals surface area contributed by atoms with Crippen molar-refractivity contribution in [1.29, 1.82) is 0 Å². The fourth-order valence-electron chi connectivity index (χ4n) is 4.23. The molecule has 0 aliphatic carbocycles. The van der Waals surface area contributed by atoms with Crippen LogP contribution in [0.5, 0.6) is 5.75 Å². The molecule has 2 rings (SSSR count). The molecule has 0 amide bonds. The Bertz CT molecular complexity index is 543. The van der Waals surface area contributed by atoms with Gasteiger partial charge in [0.15, 0.2) is 0 Å². The van der Waals surface area contributed by atoms with Crippen molar-refractivity contribution in [2.75, 3.05) is 26.4 Å². The summed E-state index contributed by atoms with van der Waals surface area (Å²) in [5.41, 5.74) is -0.153. The third-order valence-electron chi connectivity index (χ3n) is 5.19. The van der Waals surface area contributed by atoms with Gasteiger partial charge in [-0.25, -0.2) is 0 Å². The topological polar surface area (TPSA) is 63.4 Å². The minimum Gasteiger partial charge on any atom is -0.491 e. The number of nitrogens with one attached hydrogen (secondary N) is 1. The Labute approximate surface area is 165 Å². The molecule has 1 aromatic rings. The molecule has 1 fully saturated rings. The highest BCUT2D eigenvalue weighted by Crippen LogP contribution is 2.23. The molecule has 1 aliphatic rings. The van der Waals surface area contributed by atoms with Gasteiger partial charge in [-0.05, 0) is 52.0 Å². The third kappa shape index (κ3) is 6.20. The molecule has 1 saturated heterocycles. The Hall–Kier alpha value is -0.660. The van der Waals surface area contributed by atoms with Gasteiger partial charge in [0.2, 0.25) is 0 Å². The lowest BCUT2D eigenvalue weighted by Crippen LogP contribution is -3.27. The summed E-state index contributed by atoms with van der Waals surface area (Å²) in [6.07, 6.45) is 0.695. The molecule has 3 N–H and O–H groups in total. The van der Waals surface area contributed by atoms with Gasteiger partial charge in [0.1, 0.15) is 25.0 Å². The van der Waals surface area contributed by atoms with Crippen molar-refractivity contribution in [1.82, 2.24) is 0 Å². The average Bonchev–Trinajstić information content (AvgIpc) is 2.51. The molecule has 1 atom stereocenters. The normalized spacial score (nSPS) is 25.7. The monoisotopic (exact) mass is 430 g/mol. The SMILES string of the molecule is CC1(C)CC(O)CC(C)(C)[NH+]1C[C@H](O)COCCOc1ccc(Br)cc1. The van der Waals surface area contributed by atoms with Crippen LogP contribution >= 0.6 is 15.9 Å². The molecule has 0 bridgehead atoms. The second-order valence-corrected chi connectivity index (χ2v) is 9.46. The van der Waals surface area contributed by atoms with Crippen LogP contribution in [0.25, 0.3) is 0 Å². The molecular weight excluding hydrogens is 398 g/mol. The third-order valence-corrected chi connectivity index (χ3v) is 5.71. The lowest BCUT2D eigenvalue weighted by molar-refractivity contribution is -1.00. The Balaban J connectivity index is 1.72. The van der Waals surface area contributed by atoms with Crippen LogP contribution in [0.3, 0.4) is 0 Å². The van der Waals surface area contributed by atoms with Crippen LogP contribution in [0.15, 0.2) is 28.7 Å². The molecule has 148 valence electrons. The number of aliphatic hydroxyl groups is 2. The summed E-state index contributed by atoms with van der Waals surface area (Å²) in [5.74, 6) is 0.803. The molecule has 0 spiro atoms. The Kier molecular flexibility index (Phi) is 7.51. The van der Waals surface area contributed by atoms with E-state index in [0.717, 1.165) is 23.1 Å². The van der Waals surface area contributed by atoms with E-state index in [-0.39, 0.29) is 17.2 Å². The highest BCUT2D eigenvalue weighted by atomic mass is 79.9. The molecule has 1 aromatic carbocycles. The van der Waals surface area contributed by atoms with Crippen LogP contribution in [0.4, 0.5) is 0 Å². The number of benzene rings is 1. The number of ether oxygens (including phenoxy) is 2. The summed E-state index contributed by atoms with van der Waals surface area (Å²) in [5, 5.41) is 20.5. The van der Waals surface area contributed by atoms with E-state index in [2.05, 4.69) is 43.6 Å². The molecular formula is C20H33BrNO4+. The molecule has 5 nitrogen and oxygen atoms in total. The molecule has 1 aliphatic heterocycles. The smallest absolute Gasteiger partial charge is 0.126 e. The largest absolute Gasteiger partial charge is 0.491 e. The lowest BCUT2D eigenvalue weighted by Gasteiger charge is -2.51. The van der Waals surface area contributed by atoms with Crippen LogP contribution in [0.1, 0.15) is 40.5 Å². The maximum absolute atomic E-state index is 10.4. The van der Waals surface area contributed by atoms with Gasteiger partial charge >= 0.3 is 0 Å². The Morgan fingerprint density at radius 1 is 1.12 bits per heavy atom. The van der Waals surface area contributed by atoms with Crippen LogP contribution in [-0.4, -0.2) is 59.9 Å². The van der Waals surface area contributed by atoms with Gasteiger partial charge in [0, 0.05) is 17.3 Å². The molecule has 1 heterocycles. The van der Waals surface area contributed by atoms with Crippen molar-refractivity contribution in [2.45, 2.75) is 63.8 Å². The van der Waals surface area contributed by atoms with E-state index >= 15 is 0 Å². The van der Waals surface area contributed by atoms with E-state index in [1.165, 1.54) is 4.90 Å². The number of likely N-dealkylation sites (tertiary alicyclic amines) is 1. The second-order valence-electron chi connectivity index (χ2n) is 8.54. The summed E-state index contributed by atoms with van der Waals surface area (Å²) < 4.78 is 12.2. The van der Waals surface area contributed by atoms with Crippen molar-refractivity contribution < 1.29 is 24.6 Å². The van der Waals surface area contributed by atoms with Gasteiger partial charge in [0.05, 0.1) is 30.4 Å². The maximum atomic E-state index is 10.4. The minimum atomic E-state index is -0.536. The number of hydrogen-bond acceptors (Lipinski definition) is 4. The van der Waals surface area contributed by atoms with E-state index in [4.69, 9.17) is 9.47 Å². The van der Waals surface area contributed by atoms with E-state index < -0.39 is 6.10 Å². The summed E-state index contributed by atoms with van der Waals surface area (Å²) in [6, 6.07) is 7.66. The van der Waals surface area contributed by atoms with Crippen LogP contribution in [0.2, 0.25) is 0 Å². The number of piperidine rings is 1. The molecule has 6 heteroatoms. The predicted molar refractivity (Wildman–Crippen MR) is 106 cm³/mol. The van der Waals surface area contributed by atoms with Crippen molar-refractivity contribution in [3.05, 3.63) is 28.7 Å². The van der Waals surface area contributed by atoms with Gasteiger partial charge in [0.25, 0.3) is 0 Å². The summed E-state index contributed by atoms with van der Waals surface area (Å²) in [6.45, 7) is 10.4. The van der Waals surface area contributed by atoms with E-state index in [0.29, 0.717) is 26.4 Å². The Morgan fingerprint density at radius 3 is 2.27 bits per heavy atom. The summed E-state index contributed by atoms with van der Waals surface area (Å²) in [4.78, 5) is 1.32. The zero-order valence-corrected chi connectivity index (χ0v) is 17.9. The van der Waals surface area contributed by atoms with Crippen LogP contribution in [-0.2, 0) is 4.74 Å². The fourth-order valence-corrected chi connectivity index (χ4v) is 4.49. The van der Waals surface area contributed by atoms with Crippen molar-refractivity contribution in [2.24, 2.45) is 0 Å². The van der Waals surface area contributed by atoms with Crippen molar-refractivity contribution >= 4 is 15.9 Å². The van der Waals surface area contributed by atoms with Gasteiger partial charge in [-0.15, -0.1) is 0 Å². The summed E-state index contributed by atoms with van der Waals surface area (Å²) in [7, 11) is 0. The van der Waals surface area contributed by atoms with Crippen LogP contribution < -0.4 is 9.64 Å². The van der Waals surface area contributed by atoms with Gasteiger partial charge in [-0.2, -0.15) is 0 Å². The van der Waals surface area contributed by atoms with Gasteiger partial charge < -0.3 is 24.6 Å². The number of aliphatic hydroxyl groups excluding tert-OH is 2. The predicted octanol–water partition coefficient (Wildman–Crippen LogP) is 1.80. The molecule has 0 aromatic heterocycles. The van der Waals surface area contributed by atoms with Crippen LogP contribution in [0, 0.1) is 0 Å². The second kappa shape index (κ2) is 9.02. The van der Waals surface area contributed by atoms with E-state index in [1.807, 2.05) is 24.3 Å². The van der Waals surface area contributed by atoms with Crippen molar-refractivity contribution in [3.63, 3.8) is 0 Å². The summed E-state index contributed by atoms with van der Waals surface area (Å²) >= 11 is 3.39. The first-order chi connectivity index (χ1) is 12.1. The number of hydrogen-bond donors (Lipinski definition) is 3. The highest BCUT2D eigenvalue weighted by molar-refractivity contribution is 9.10. The minimum absolute atomic E-state index is 0.0765. The van der Waals surface area contributed by atoms with Gasteiger partial charge in [-0.3, -0.25) is 0 Å². The average molecular weight is 431 g/mol. The number of quaternary nitrogens is 1. The zero-order chi connectivity index (χ0) is 19.4. The molecule has 0 unspecified atom stereocenters. The van der Waals surface area contributed by atoms with E-state index in [1.54, 1.807) is 0 Å². The van der Waals surface area contributed by atoms with Gasteiger partial charge in [-0.1, -0.05) is 15.9 Å². The molecule has 0 radical (unpaired) electrons. The first-order valence-electron chi connectivity index (χ1n) is 9.29. The van der Waals surface area contributed by atoms with Crippen molar-refractivity contribution in [3.8, 4) is 5.75 Å². The Morgan fingerprint density at radius 2 is 1.69 bits per heavy atom. The quantitative estimate of drug-likeness (QED) is 0.550. The first kappa shape index (κ1) is 21.6. The fraction of sp³-hybridized carbons (Fsp3) is 0.700. The molecule has 0 saturated carbocycles. The lowest BCUT2D eigenvalue weighted by atomic mass is 9.78. The zero-order valence-electron chi connectivity index (χ0n) is 16.3. The number of halogens is 1. The number of rotatable bonds is 8. The van der Waals surface area contributed by atoms with E-state index in [9.17, 15) is 10.2 Å². The molecule has 26 heavy (non-hydrogen) atoms.